The van der Waals surface area contributed by atoms with E-state index in [1.54, 1.807) is 18.2 Å². The molecule has 0 unspecified atom stereocenters. The van der Waals surface area contributed by atoms with Crippen LogP contribution in [0.2, 0.25) is 5.02 Å². The second kappa shape index (κ2) is 13.4. The zero-order valence-electron chi connectivity index (χ0n) is 24.6. The number of halogens is 1. The fourth-order valence-corrected chi connectivity index (χ4v) is 8.24. The second-order valence-corrected chi connectivity index (χ2v) is 14.4. The molecule has 0 aromatic heterocycles. The largest absolute Gasteiger partial charge is 0.491 e. The monoisotopic (exact) mass is 614 g/mol. The summed E-state index contributed by atoms with van der Waals surface area (Å²) in [7, 11) is -3.87. The maximum absolute atomic E-state index is 13.3. The van der Waals surface area contributed by atoms with Gasteiger partial charge in [-0.1, -0.05) is 50.1 Å². The van der Waals surface area contributed by atoms with E-state index in [1.807, 2.05) is 25.1 Å². The number of ether oxygens (including phenoxy) is 1. The van der Waals surface area contributed by atoms with Crippen molar-refractivity contribution in [2.75, 3.05) is 24.6 Å². The van der Waals surface area contributed by atoms with Crippen molar-refractivity contribution in [3.63, 3.8) is 0 Å². The van der Waals surface area contributed by atoms with Crippen LogP contribution >= 0.6 is 11.6 Å². The fraction of sp³-hybridized carbons (Fsp3) is 0.545. The van der Waals surface area contributed by atoms with Crippen LogP contribution in [0.1, 0.15) is 86.2 Å². The summed E-state index contributed by atoms with van der Waals surface area (Å²) in [5.41, 5.74) is 3.51. The van der Waals surface area contributed by atoms with Crippen molar-refractivity contribution in [2.24, 2.45) is 11.8 Å². The van der Waals surface area contributed by atoms with Crippen molar-refractivity contribution >= 4 is 33.2 Å². The van der Waals surface area contributed by atoms with Crippen LogP contribution in [0.4, 0.5) is 5.69 Å². The molecule has 2 aromatic carbocycles. The standard InChI is InChI=1S/C33H43ClN2O5S/c1-3-5-8-22-17-26(34)13-15-28(22)25-20-36-19-24-11-14-29(24)31(37)10-7-6-9-27(4-2)42(39,40)35-33(38)23-12-16-32(41-21-25)30(36)18-23/h7,10,12-13,15-18,24-25,27,29,31,37H,3-6,8-9,11,14,19-21H2,1-2H3,(H,35,38)/b10-7+/t24-,25-,27+,29+,31-/m0/s1. The van der Waals surface area contributed by atoms with Gasteiger partial charge in [-0.25, -0.2) is 13.1 Å². The van der Waals surface area contributed by atoms with Crippen LogP contribution < -0.4 is 14.4 Å². The van der Waals surface area contributed by atoms with Crippen molar-refractivity contribution in [1.29, 1.82) is 0 Å². The third-order valence-electron chi connectivity index (χ3n) is 9.27. The number of fused-ring (bicyclic) bond motifs is 2. The number of aryl methyl sites for hydroxylation is 1. The number of carbonyl (C=O) groups is 1. The van der Waals surface area contributed by atoms with Gasteiger partial charge in [-0.15, -0.1) is 0 Å². The van der Waals surface area contributed by atoms with Crippen LogP contribution in [0.25, 0.3) is 0 Å². The van der Waals surface area contributed by atoms with Crippen molar-refractivity contribution in [3.8, 4) is 5.75 Å². The van der Waals surface area contributed by atoms with Gasteiger partial charge >= 0.3 is 0 Å². The molecule has 1 aliphatic carbocycles. The molecule has 7 nitrogen and oxygen atoms in total. The molecule has 2 N–H and O–H groups in total. The summed E-state index contributed by atoms with van der Waals surface area (Å²) in [6.07, 6.45) is 9.50. The number of nitrogens with zero attached hydrogens (tertiary/aromatic N) is 1. The van der Waals surface area contributed by atoms with Crippen molar-refractivity contribution < 1.29 is 23.1 Å². The van der Waals surface area contributed by atoms with Crippen LogP contribution in [0, 0.1) is 11.8 Å². The zero-order valence-corrected chi connectivity index (χ0v) is 26.2. The van der Waals surface area contributed by atoms with Crippen LogP contribution in [0.15, 0.2) is 48.6 Å². The number of aliphatic hydroxyl groups is 1. The van der Waals surface area contributed by atoms with Crippen molar-refractivity contribution in [2.45, 2.75) is 82.5 Å². The molecule has 2 bridgehead atoms. The molecule has 0 saturated heterocycles. The Bertz CT molecular complexity index is 1410. The van der Waals surface area contributed by atoms with E-state index in [1.165, 1.54) is 11.1 Å². The Hall–Kier alpha value is -2.55. The second-order valence-electron chi connectivity index (χ2n) is 12.0. The third-order valence-corrected chi connectivity index (χ3v) is 11.4. The smallest absolute Gasteiger partial charge is 0.264 e. The molecular weight excluding hydrogens is 572 g/mol. The number of nitrogens with one attached hydrogen (secondary N) is 1. The Labute approximate surface area is 255 Å². The van der Waals surface area contributed by atoms with E-state index in [0.29, 0.717) is 44.7 Å². The Morgan fingerprint density at radius 1 is 1.10 bits per heavy atom. The molecule has 5 atom stereocenters. The summed E-state index contributed by atoms with van der Waals surface area (Å²) in [6.45, 7) is 5.85. The van der Waals surface area contributed by atoms with Crippen LogP contribution in [0.3, 0.4) is 0 Å². The van der Waals surface area contributed by atoms with E-state index in [2.05, 4.69) is 28.7 Å². The molecule has 5 rings (SSSR count). The lowest BCUT2D eigenvalue weighted by molar-refractivity contribution is 0.0461. The highest BCUT2D eigenvalue weighted by Crippen LogP contribution is 2.42. The summed E-state index contributed by atoms with van der Waals surface area (Å²) >= 11 is 6.41. The summed E-state index contributed by atoms with van der Waals surface area (Å²) < 4.78 is 35.0. The number of benzene rings is 2. The maximum atomic E-state index is 13.3. The quantitative estimate of drug-likeness (QED) is 0.387. The van der Waals surface area contributed by atoms with Crippen LogP contribution in [-0.2, 0) is 16.4 Å². The lowest BCUT2D eigenvalue weighted by Gasteiger charge is -2.42. The van der Waals surface area contributed by atoms with E-state index in [-0.39, 0.29) is 23.3 Å². The lowest BCUT2D eigenvalue weighted by Crippen LogP contribution is -2.44. The van der Waals surface area contributed by atoms with Crippen LogP contribution in [-0.4, -0.2) is 50.5 Å². The Morgan fingerprint density at radius 3 is 2.67 bits per heavy atom. The maximum Gasteiger partial charge on any atom is 0.264 e. The van der Waals surface area contributed by atoms with Crippen LogP contribution in [0.5, 0.6) is 5.75 Å². The molecule has 0 radical (unpaired) electrons. The van der Waals surface area contributed by atoms with E-state index in [4.69, 9.17) is 16.3 Å². The molecule has 42 heavy (non-hydrogen) atoms. The number of carbonyl (C=O) groups excluding carboxylic acids is 1. The first-order valence-electron chi connectivity index (χ1n) is 15.4. The van der Waals surface area contributed by atoms with Gasteiger partial charge in [0.2, 0.25) is 10.0 Å². The molecule has 2 aromatic rings. The average molecular weight is 615 g/mol. The molecule has 3 aliphatic rings. The number of sulfonamides is 1. The van der Waals surface area contributed by atoms with Gasteiger partial charge in [0.25, 0.3) is 5.91 Å². The minimum absolute atomic E-state index is 0.0680. The lowest BCUT2D eigenvalue weighted by atomic mass is 9.70. The van der Waals surface area contributed by atoms with E-state index in [0.717, 1.165) is 42.8 Å². The first kappa shape index (κ1) is 30.9. The Balaban J connectivity index is 1.53. The average Bonchev–Trinajstić information content (AvgIpc) is 3.12. The zero-order chi connectivity index (χ0) is 29.9. The number of unbranched alkanes of at least 4 members (excludes halogenated alkanes) is 1. The van der Waals surface area contributed by atoms with E-state index in [9.17, 15) is 18.3 Å². The molecule has 9 heteroatoms. The molecule has 2 heterocycles. The van der Waals surface area contributed by atoms with Gasteiger partial charge < -0.3 is 14.7 Å². The number of aliphatic hydroxyl groups excluding tert-OH is 1. The van der Waals surface area contributed by atoms with E-state index < -0.39 is 27.3 Å². The van der Waals surface area contributed by atoms with Gasteiger partial charge in [0, 0.05) is 29.6 Å². The molecule has 1 amide bonds. The molecule has 2 aliphatic heterocycles. The van der Waals surface area contributed by atoms with Crippen molar-refractivity contribution in [1.82, 2.24) is 4.72 Å². The molecule has 1 saturated carbocycles. The minimum Gasteiger partial charge on any atom is -0.491 e. The summed E-state index contributed by atoms with van der Waals surface area (Å²) in [5, 5.41) is 11.1. The predicted molar refractivity (Wildman–Crippen MR) is 168 cm³/mol. The SMILES string of the molecule is CCCCc1cc(Cl)ccc1[C@@H]1COc2ccc3cc2N(C1)C[C@@H]1CC[C@H]1[C@@H](O)/C=C/CC[C@@H](CC)S(=O)(=O)NC3=O. The molecule has 228 valence electrons. The highest BCUT2D eigenvalue weighted by atomic mass is 35.5. The summed E-state index contributed by atoms with van der Waals surface area (Å²) in [4.78, 5) is 15.6. The van der Waals surface area contributed by atoms with Crippen molar-refractivity contribution in [3.05, 3.63) is 70.3 Å². The van der Waals surface area contributed by atoms with Gasteiger partial charge in [0.15, 0.2) is 0 Å². The van der Waals surface area contributed by atoms with Gasteiger partial charge in [0.1, 0.15) is 5.75 Å². The summed E-state index contributed by atoms with van der Waals surface area (Å²) in [5.74, 6) is 0.530. The molecule has 1 fully saturated rings. The highest BCUT2D eigenvalue weighted by Gasteiger charge is 2.38. The molecular formula is C33H43ClN2O5S. The number of amides is 1. The normalized spacial score (nSPS) is 28.4. The number of allylic oxidation sites excluding steroid dienone is 1. The Kier molecular flexibility index (Phi) is 9.85. The van der Waals surface area contributed by atoms with E-state index >= 15 is 0 Å². The highest BCUT2D eigenvalue weighted by molar-refractivity contribution is 7.90. The Morgan fingerprint density at radius 2 is 1.93 bits per heavy atom. The minimum atomic E-state index is -3.87. The predicted octanol–water partition coefficient (Wildman–Crippen LogP) is 6.24. The molecule has 0 spiro atoms. The van der Waals surface area contributed by atoms with Gasteiger partial charge in [-0.2, -0.15) is 0 Å². The first-order chi connectivity index (χ1) is 20.2. The first-order valence-corrected chi connectivity index (χ1v) is 17.3. The van der Waals surface area contributed by atoms with Gasteiger partial charge in [0.05, 0.1) is 23.6 Å². The third kappa shape index (κ3) is 6.81. The van der Waals surface area contributed by atoms with Gasteiger partial charge in [-0.05, 0) is 98.2 Å². The fourth-order valence-electron chi connectivity index (χ4n) is 6.62. The van der Waals surface area contributed by atoms with Gasteiger partial charge in [-0.3, -0.25) is 4.79 Å². The number of anilines is 1. The number of rotatable bonds is 5. The number of hydrogen-bond donors (Lipinski definition) is 2. The number of hydrogen-bond acceptors (Lipinski definition) is 6. The topological polar surface area (TPSA) is 95.9 Å². The summed E-state index contributed by atoms with van der Waals surface area (Å²) in [6, 6.07) is 11.3.